The summed E-state index contributed by atoms with van der Waals surface area (Å²) < 4.78 is 11.9. The summed E-state index contributed by atoms with van der Waals surface area (Å²) in [6.45, 7) is 1.94. The van der Waals surface area contributed by atoms with Gasteiger partial charge < -0.3 is 9.47 Å². The smallest absolute Gasteiger partial charge is 0.343 e. The van der Waals surface area contributed by atoms with E-state index in [4.69, 9.17) is 9.47 Å². The lowest BCUT2D eigenvalue weighted by molar-refractivity contribution is -0.128. The van der Waals surface area contributed by atoms with Crippen LogP contribution in [0.4, 0.5) is 0 Å². The van der Waals surface area contributed by atoms with E-state index in [0.717, 1.165) is 10.0 Å². The highest BCUT2D eigenvalue weighted by atomic mass is 79.9. The zero-order valence-corrected chi connectivity index (χ0v) is 22.4. The van der Waals surface area contributed by atoms with Crippen LogP contribution in [0.2, 0.25) is 0 Å². The van der Waals surface area contributed by atoms with E-state index in [1.54, 1.807) is 84.9 Å². The molecule has 0 bridgehead atoms. The fourth-order valence-electron chi connectivity index (χ4n) is 3.37. The molecule has 0 saturated carbocycles. The van der Waals surface area contributed by atoms with Crippen LogP contribution in [0.5, 0.6) is 11.5 Å². The van der Waals surface area contributed by atoms with Gasteiger partial charge in [-0.3, -0.25) is 4.79 Å². The van der Waals surface area contributed by atoms with Crippen molar-refractivity contribution in [2.45, 2.75) is 6.92 Å². The van der Waals surface area contributed by atoms with Gasteiger partial charge in [-0.25, -0.2) is 15.0 Å². The Morgan fingerprint density at radius 1 is 0.744 bits per heavy atom. The van der Waals surface area contributed by atoms with Gasteiger partial charge in [0.1, 0.15) is 11.5 Å². The van der Waals surface area contributed by atoms with Crippen molar-refractivity contribution < 1.29 is 23.9 Å². The third kappa shape index (κ3) is 7.83. The topological polar surface area (TPSA) is 94.1 Å². The molecule has 0 aliphatic heterocycles. The van der Waals surface area contributed by atoms with Crippen molar-refractivity contribution in [3.63, 3.8) is 0 Å². The Morgan fingerprint density at radius 3 is 2.03 bits per heavy atom. The van der Waals surface area contributed by atoms with E-state index in [1.165, 1.54) is 18.4 Å². The summed E-state index contributed by atoms with van der Waals surface area (Å²) >= 11 is 3.33. The number of aryl methyl sites for hydroxylation is 1. The van der Waals surface area contributed by atoms with Crippen molar-refractivity contribution in [2.75, 3.05) is 0 Å². The van der Waals surface area contributed by atoms with Crippen molar-refractivity contribution in [1.29, 1.82) is 0 Å². The van der Waals surface area contributed by atoms with Crippen LogP contribution in [-0.2, 0) is 4.79 Å². The van der Waals surface area contributed by atoms with Crippen LogP contribution in [0.15, 0.2) is 113 Å². The van der Waals surface area contributed by atoms with E-state index in [2.05, 4.69) is 26.5 Å². The number of benzene rings is 4. The number of carbonyl (C=O) groups is 3. The number of carbonyl (C=O) groups excluding carboxylic acids is 3. The molecule has 0 aliphatic carbocycles. The number of ether oxygens (including phenoxy) is 2. The molecule has 4 aromatic carbocycles. The SMILES string of the molecule is Cc1ccc(C(=O)N/N=C/c2ccccc2OC(=O)/C=C/c2ccccc2OC(=O)c2ccc(Br)cc2)cc1. The molecule has 194 valence electrons. The minimum absolute atomic E-state index is 0.260. The molecule has 0 spiro atoms. The number of hydrogen-bond donors (Lipinski definition) is 1. The zero-order valence-electron chi connectivity index (χ0n) is 20.8. The van der Waals surface area contributed by atoms with Gasteiger partial charge in [0.25, 0.3) is 5.91 Å². The fourth-order valence-corrected chi connectivity index (χ4v) is 3.63. The Hall–Kier alpha value is -4.82. The van der Waals surface area contributed by atoms with E-state index >= 15 is 0 Å². The Labute approximate surface area is 233 Å². The van der Waals surface area contributed by atoms with Crippen molar-refractivity contribution in [2.24, 2.45) is 5.10 Å². The highest BCUT2D eigenvalue weighted by Crippen LogP contribution is 2.22. The maximum absolute atomic E-state index is 12.6. The Bertz CT molecular complexity index is 1540. The second-order valence-corrected chi connectivity index (χ2v) is 9.21. The van der Waals surface area contributed by atoms with Gasteiger partial charge in [-0.1, -0.05) is 64.0 Å². The van der Waals surface area contributed by atoms with Gasteiger partial charge in [0.2, 0.25) is 0 Å². The number of halogens is 1. The predicted octanol–water partition coefficient (Wildman–Crippen LogP) is 6.36. The van der Waals surface area contributed by atoms with Crippen LogP contribution in [0, 0.1) is 6.92 Å². The van der Waals surface area contributed by atoms with Crippen LogP contribution in [0.1, 0.15) is 37.4 Å². The van der Waals surface area contributed by atoms with E-state index in [-0.39, 0.29) is 11.7 Å². The maximum Gasteiger partial charge on any atom is 0.343 e. The predicted molar refractivity (Wildman–Crippen MR) is 153 cm³/mol. The number of para-hydroxylation sites is 2. The largest absolute Gasteiger partial charge is 0.423 e. The molecular formula is C31H23BrN2O5. The van der Waals surface area contributed by atoms with Gasteiger partial charge >= 0.3 is 11.9 Å². The van der Waals surface area contributed by atoms with Gasteiger partial charge in [-0.15, -0.1) is 0 Å². The molecule has 0 radical (unpaired) electrons. The molecule has 4 aromatic rings. The molecule has 0 heterocycles. The van der Waals surface area contributed by atoms with Crippen LogP contribution in [-0.4, -0.2) is 24.1 Å². The molecule has 0 atom stereocenters. The van der Waals surface area contributed by atoms with Gasteiger partial charge in [-0.05, 0) is 67.6 Å². The minimum Gasteiger partial charge on any atom is -0.423 e. The Balaban J connectivity index is 1.40. The molecule has 39 heavy (non-hydrogen) atoms. The number of nitrogens with one attached hydrogen (secondary N) is 1. The number of nitrogens with zero attached hydrogens (tertiary/aromatic N) is 1. The monoisotopic (exact) mass is 582 g/mol. The summed E-state index contributed by atoms with van der Waals surface area (Å²) in [5, 5.41) is 3.99. The molecule has 4 rings (SSSR count). The van der Waals surface area contributed by atoms with E-state index in [9.17, 15) is 14.4 Å². The summed E-state index contributed by atoms with van der Waals surface area (Å²) in [6.07, 6.45) is 4.14. The molecule has 0 aliphatic rings. The first-order chi connectivity index (χ1) is 18.9. The minimum atomic E-state index is -0.645. The second kappa shape index (κ2) is 13.1. The first-order valence-electron chi connectivity index (χ1n) is 11.8. The molecule has 0 unspecified atom stereocenters. The lowest BCUT2D eigenvalue weighted by Gasteiger charge is -2.08. The second-order valence-electron chi connectivity index (χ2n) is 8.29. The highest BCUT2D eigenvalue weighted by Gasteiger charge is 2.11. The van der Waals surface area contributed by atoms with Gasteiger partial charge in [0.05, 0.1) is 11.8 Å². The lowest BCUT2D eigenvalue weighted by atomic mass is 10.1. The summed E-state index contributed by atoms with van der Waals surface area (Å²) in [7, 11) is 0. The van der Waals surface area contributed by atoms with E-state index < -0.39 is 11.9 Å². The molecule has 8 heteroatoms. The first kappa shape index (κ1) is 27.2. The van der Waals surface area contributed by atoms with Crippen LogP contribution >= 0.6 is 15.9 Å². The van der Waals surface area contributed by atoms with Gasteiger partial charge in [0.15, 0.2) is 0 Å². The van der Waals surface area contributed by atoms with Gasteiger partial charge in [0, 0.05) is 27.2 Å². The van der Waals surface area contributed by atoms with Crippen LogP contribution < -0.4 is 14.9 Å². The quantitative estimate of drug-likeness (QED) is 0.0857. The van der Waals surface area contributed by atoms with E-state index in [1.807, 2.05) is 19.1 Å². The Kier molecular flexibility index (Phi) is 9.16. The molecule has 1 amide bonds. The fraction of sp³-hybridized carbons (Fsp3) is 0.0323. The molecular weight excluding hydrogens is 560 g/mol. The average Bonchev–Trinajstić information content (AvgIpc) is 2.94. The molecule has 1 N–H and O–H groups in total. The summed E-state index contributed by atoms with van der Waals surface area (Å²) in [6, 6.07) is 27.5. The normalized spacial score (nSPS) is 10.9. The van der Waals surface area contributed by atoms with Crippen molar-refractivity contribution in [1.82, 2.24) is 5.43 Å². The van der Waals surface area contributed by atoms with E-state index in [0.29, 0.717) is 28.0 Å². The number of hydrogen-bond acceptors (Lipinski definition) is 6. The number of hydrazone groups is 1. The van der Waals surface area contributed by atoms with Crippen molar-refractivity contribution >= 4 is 46.1 Å². The highest BCUT2D eigenvalue weighted by molar-refractivity contribution is 9.10. The van der Waals surface area contributed by atoms with Gasteiger partial charge in [-0.2, -0.15) is 5.10 Å². The molecule has 0 fully saturated rings. The van der Waals surface area contributed by atoms with Crippen molar-refractivity contribution in [3.8, 4) is 11.5 Å². The third-order valence-corrected chi connectivity index (χ3v) is 5.94. The number of amides is 1. The zero-order chi connectivity index (χ0) is 27.6. The Morgan fingerprint density at radius 2 is 1.33 bits per heavy atom. The van der Waals surface area contributed by atoms with Crippen LogP contribution in [0.3, 0.4) is 0 Å². The standard InChI is InChI=1S/C31H23BrN2O5/c1-21-10-12-23(13-11-21)30(36)34-33-20-25-7-3-5-9-28(25)38-29(35)19-16-22-6-2-4-8-27(22)39-31(37)24-14-17-26(32)18-15-24/h2-20H,1H3,(H,34,36)/b19-16+,33-20+. The van der Waals surface area contributed by atoms with Crippen molar-refractivity contribution in [3.05, 3.63) is 135 Å². The number of esters is 2. The third-order valence-electron chi connectivity index (χ3n) is 5.41. The summed E-state index contributed by atoms with van der Waals surface area (Å²) in [4.78, 5) is 37.4. The van der Waals surface area contributed by atoms with Crippen LogP contribution in [0.25, 0.3) is 6.08 Å². The molecule has 0 aromatic heterocycles. The summed E-state index contributed by atoms with van der Waals surface area (Å²) in [5.41, 5.74) is 5.39. The molecule has 0 saturated heterocycles. The lowest BCUT2D eigenvalue weighted by Crippen LogP contribution is -2.17. The average molecular weight is 583 g/mol. The first-order valence-corrected chi connectivity index (χ1v) is 12.6. The molecule has 7 nitrogen and oxygen atoms in total. The maximum atomic E-state index is 12.6. The number of rotatable bonds is 8. The summed E-state index contributed by atoms with van der Waals surface area (Å²) in [5.74, 6) is -0.966.